The van der Waals surface area contributed by atoms with Crippen LogP contribution in [0, 0.1) is 11.6 Å². The Morgan fingerprint density at radius 3 is 2.26 bits per heavy atom. The van der Waals surface area contributed by atoms with Crippen LogP contribution >= 0.6 is 11.3 Å². The maximum atomic E-state index is 13.4. The molecule has 0 saturated carbocycles. The third kappa shape index (κ3) is 4.88. The molecule has 158 valence electrons. The molecule has 1 aliphatic heterocycles. The van der Waals surface area contributed by atoms with Gasteiger partial charge in [0.2, 0.25) is 5.91 Å². The smallest absolute Gasteiger partial charge is 0.254 e. The minimum atomic E-state index is -1.05. The normalized spacial score (nSPS) is 14.3. The third-order valence-corrected chi connectivity index (χ3v) is 6.22. The lowest BCUT2D eigenvalue weighted by Gasteiger charge is -2.34. The molecule has 4 rings (SSSR count). The van der Waals surface area contributed by atoms with Crippen LogP contribution in [0.1, 0.15) is 15.2 Å². The molecule has 2 aromatic carbocycles. The Bertz CT molecular complexity index is 1120. The fourth-order valence-corrected chi connectivity index (χ4v) is 4.32. The number of rotatable bonds is 4. The lowest BCUT2D eigenvalue weighted by molar-refractivity contribution is -0.127. The molecule has 0 aliphatic carbocycles. The van der Waals surface area contributed by atoms with Gasteiger partial charge in [0.05, 0.1) is 0 Å². The predicted molar refractivity (Wildman–Crippen MR) is 118 cm³/mol. The first-order chi connectivity index (χ1) is 15.0. The summed E-state index contributed by atoms with van der Waals surface area (Å²) in [5, 5.41) is 0. The van der Waals surface area contributed by atoms with E-state index in [4.69, 9.17) is 0 Å². The maximum Gasteiger partial charge on any atom is 0.254 e. The largest absolute Gasteiger partial charge is 0.336 e. The fraction of sp³-hybridized carbons (Fsp3) is 0.167. The zero-order valence-corrected chi connectivity index (χ0v) is 17.4. The van der Waals surface area contributed by atoms with Gasteiger partial charge in [0.15, 0.2) is 11.6 Å². The molecule has 0 bridgehead atoms. The zero-order chi connectivity index (χ0) is 21.8. The summed E-state index contributed by atoms with van der Waals surface area (Å²) in [6.45, 7) is 1.46. The van der Waals surface area contributed by atoms with Crippen molar-refractivity contribution in [2.75, 3.05) is 26.2 Å². The molecule has 0 N–H and O–H groups in total. The molecule has 3 aromatic rings. The molecule has 2 heterocycles. The van der Waals surface area contributed by atoms with E-state index in [0.717, 1.165) is 27.5 Å². The van der Waals surface area contributed by atoms with Crippen LogP contribution in [0.4, 0.5) is 8.78 Å². The summed E-state index contributed by atoms with van der Waals surface area (Å²) in [6.07, 6.45) is 3.35. The second kappa shape index (κ2) is 9.22. The highest BCUT2D eigenvalue weighted by Gasteiger charge is 2.24. The Balaban J connectivity index is 1.32. The van der Waals surface area contributed by atoms with Gasteiger partial charge in [-0.25, -0.2) is 8.78 Å². The van der Waals surface area contributed by atoms with Gasteiger partial charge in [-0.2, -0.15) is 0 Å². The van der Waals surface area contributed by atoms with Crippen LogP contribution in [-0.2, 0) is 4.79 Å². The molecule has 7 heteroatoms. The summed E-state index contributed by atoms with van der Waals surface area (Å²) >= 11 is 1.61. The molecule has 1 aromatic heterocycles. The number of benzene rings is 2. The number of hydrogen-bond donors (Lipinski definition) is 0. The Hall–Kier alpha value is -3.32. The van der Waals surface area contributed by atoms with Crippen molar-refractivity contribution in [1.82, 2.24) is 9.80 Å². The van der Waals surface area contributed by atoms with E-state index in [9.17, 15) is 18.4 Å². The van der Waals surface area contributed by atoms with Crippen molar-refractivity contribution in [2.24, 2.45) is 0 Å². The molecule has 2 amide bonds. The second-order valence-electron chi connectivity index (χ2n) is 7.15. The Morgan fingerprint density at radius 2 is 1.55 bits per heavy atom. The van der Waals surface area contributed by atoms with Crippen molar-refractivity contribution >= 4 is 29.2 Å². The highest BCUT2D eigenvalue weighted by Crippen LogP contribution is 2.28. The predicted octanol–water partition coefficient (Wildman–Crippen LogP) is 4.69. The summed E-state index contributed by atoms with van der Waals surface area (Å²) in [6, 6.07) is 17.2. The summed E-state index contributed by atoms with van der Waals surface area (Å²) in [4.78, 5) is 30.4. The number of thiophene rings is 1. The third-order valence-electron chi connectivity index (χ3n) is 5.12. The van der Waals surface area contributed by atoms with Gasteiger partial charge in [0.25, 0.3) is 5.91 Å². The Kier molecular flexibility index (Phi) is 6.23. The number of nitrogens with zero attached hydrogens (tertiary/aromatic N) is 2. The number of carbonyl (C=O) groups excluding carboxylic acids is 2. The number of carbonyl (C=O) groups is 2. The number of piperazine rings is 1. The minimum Gasteiger partial charge on any atom is -0.336 e. The topological polar surface area (TPSA) is 40.6 Å². The van der Waals surface area contributed by atoms with Gasteiger partial charge in [-0.3, -0.25) is 9.59 Å². The van der Waals surface area contributed by atoms with E-state index < -0.39 is 11.6 Å². The fourth-order valence-electron chi connectivity index (χ4n) is 3.40. The first kappa shape index (κ1) is 20.9. The van der Waals surface area contributed by atoms with E-state index in [1.54, 1.807) is 33.3 Å². The molecule has 0 unspecified atom stereocenters. The standard InChI is InChI=1S/C24H20F2N2O2S/c25-20-9-6-18(16-21(20)26)24(30)28-14-12-27(13-15-28)23(29)11-8-19-7-10-22(31-19)17-4-2-1-3-5-17/h1-11,16H,12-15H2/b11-8+. The van der Waals surface area contributed by atoms with Crippen molar-refractivity contribution in [1.29, 1.82) is 0 Å². The van der Waals surface area contributed by atoms with Crippen LogP contribution < -0.4 is 0 Å². The van der Waals surface area contributed by atoms with Crippen molar-refractivity contribution in [2.45, 2.75) is 0 Å². The first-order valence-corrected chi connectivity index (χ1v) is 10.7. The van der Waals surface area contributed by atoms with Crippen LogP contribution in [-0.4, -0.2) is 47.8 Å². The van der Waals surface area contributed by atoms with Gasteiger partial charge in [-0.05, 0) is 42.0 Å². The van der Waals surface area contributed by atoms with Crippen molar-refractivity contribution in [3.63, 3.8) is 0 Å². The van der Waals surface area contributed by atoms with Crippen LogP contribution in [0.5, 0.6) is 0 Å². The first-order valence-electron chi connectivity index (χ1n) is 9.88. The Labute approximate surface area is 183 Å². The molecular formula is C24H20F2N2O2S. The van der Waals surface area contributed by atoms with Crippen LogP contribution in [0.3, 0.4) is 0 Å². The van der Waals surface area contributed by atoms with Crippen LogP contribution in [0.2, 0.25) is 0 Å². The van der Waals surface area contributed by atoms with Crippen molar-refractivity contribution < 1.29 is 18.4 Å². The van der Waals surface area contributed by atoms with Crippen molar-refractivity contribution in [3.8, 4) is 10.4 Å². The maximum absolute atomic E-state index is 13.4. The second-order valence-corrected chi connectivity index (χ2v) is 8.26. The van der Waals surface area contributed by atoms with E-state index in [-0.39, 0.29) is 17.4 Å². The van der Waals surface area contributed by atoms with E-state index in [0.29, 0.717) is 26.2 Å². The van der Waals surface area contributed by atoms with Gasteiger partial charge in [0.1, 0.15) is 0 Å². The van der Waals surface area contributed by atoms with Crippen LogP contribution in [0.25, 0.3) is 16.5 Å². The number of hydrogen-bond acceptors (Lipinski definition) is 3. The molecule has 1 aliphatic rings. The van der Waals surface area contributed by atoms with Gasteiger partial charge >= 0.3 is 0 Å². The molecule has 1 fully saturated rings. The molecule has 0 spiro atoms. The molecule has 0 atom stereocenters. The zero-order valence-electron chi connectivity index (χ0n) is 16.6. The number of halogens is 2. The molecule has 1 saturated heterocycles. The Morgan fingerprint density at radius 1 is 0.839 bits per heavy atom. The monoisotopic (exact) mass is 438 g/mol. The highest BCUT2D eigenvalue weighted by atomic mass is 32.1. The van der Waals surface area contributed by atoms with Crippen molar-refractivity contribution in [3.05, 3.63) is 88.8 Å². The van der Waals surface area contributed by atoms with Gasteiger partial charge in [-0.1, -0.05) is 30.3 Å². The van der Waals surface area contributed by atoms with Gasteiger partial charge in [-0.15, -0.1) is 11.3 Å². The molecule has 4 nitrogen and oxygen atoms in total. The van der Waals surface area contributed by atoms with Gasteiger partial charge < -0.3 is 9.80 Å². The summed E-state index contributed by atoms with van der Waals surface area (Å²) in [5.74, 6) is -2.52. The summed E-state index contributed by atoms with van der Waals surface area (Å²) < 4.78 is 26.5. The van der Waals surface area contributed by atoms with E-state index in [2.05, 4.69) is 0 Å². The van der Waals surface area contributed by atoms with Crippen LogP contribution in [0.15, 0.2) is 66.7 Å². The summed E-state index contributed by atoms with van der Waals surface area (Å²) in [5.41, 5.74) is 1.24. The van der Waals surface area contributed by atoms with E-state index in [1.807, 2.05) is 42.5 Å². The SMILES string of the molecule is O=C(/C=C/c1ccc(-c2ccccc2)s1)N1CCN(C(=O)c2ccc(F)c(F)c2)CC1. The lowest BCUT2D eigenvalue weighted by atomic mass is 10.1. The highest BCUT2D eigenvalue weighted by molar-refractivity contribution is 7.16. The van der Waals surface area contributed by atoms with Gasteiger partial charge in [0, 0.05) is 47.6 Å². The quantitative estimate of drug-likeness (QED) is 0.555. The van der Waals surface area contributed by atoms with E-state index >= 15 is 0 Å². The summed E-state index contributed by atoms with van der Waals surface area (Å²) in [7, 11) is 0. The van der Waals surface area contributed by atoms with E-state index in [1.165, 1.54) is 6.07 Å². The molecular weight excluding hydrogens is 418 g/mol. The lowest BCUT2D eigenvalue weighted by Crippen LogP contribution is -2.50. The number of amides is 2. The molecule has 0 radical (unpaired) electrons. The average molecular weight is 438 g/mol. The molecule has 31 heavy (non-hydrogen) atoms. The minimum absolute atomic E-state index is 0.102. The average Bonchev–Trinajstić information content (AvgIpc) is 3.29.